The Labute approximate surface area is 176 Å². The van der Waals surface area contributed by atoms with Crippen molar-refractivity contribution in [2.45, 2.75) is 38.6 Å². The number of thiazole rings is 1. The first-order chi connectivity index (χ1) is 13.9. The van der Waals surface area contributed by atoms with E-state index in [1.165, 1.54) is 35.2 Å². The Hall–Kier alpha value is -2.46. The number of carbonyl (C=O) groups excluding carboxylic acids is 1. The fourth-order valence-electron chi connectivity index (χ4n) is 2.58. The zero-order valence-electron chi connectivity index (χ0n) is 16.3. The molecule has 10 heteroatoms. The van der Waals surface area contributed by atoms with Crippen LogP contribution in [0.25, 0.3) is 0 Å². The van der Waals surface area contributed by atoms with Crippen LogP contribution >= 0.6 is 23.1 Å². The maximum atomic E-state index is 13.1. The molecule has 1 atom stereocenters. The van der Waals surface area contributed by atoms with Gasteiger partial charge in [0, 0.05) is 18.1 Å². The number of hydrogen-bond donors (Lipinski definition) is 1. The predicted octanol–water partition coefficient (Wildman–Crippen LogP) is 4.40. The van der Waals surface area contributed by atoms with Crippen LogP contribution in [0.4, 0.5) is 9.52 Å². The Morgan fingerprint density at radius 2 is 2.03 bits per heavy atom. The Morgan fingerprint density at radius 3 is 2.69 bits per heavy atom. The average molecular weight is 436 g/mol. The second-order valence-corrected chi connectivity index (χ2v) is 8.57. The number of thioether (sulfide) groups is 1. The summed E-state index contributed by atoms with van der Waals surface area (Å²) in [5.41, 5.74) is 0. The minimum atomic E-state index is -0.384. The van der Waals surface area contributed by atoms with Gasteiger partial charge < -0.3 is 14.6 Å². The molecule has 0 aliphatic heterocycles. The van der Waals surface area contributed by atoms with Gasteiger partial charge >= 0.3 is 0 Å². The third-order valence-corrected chi connectivity index (χ3v) is 5.45. The van der Waals surface area contributed by atoms with E-state index in [0.717, 1.165) is 0 Å². The number of halogens is 1. The van der Waals surface area contributed by atoms with Gasteiger partial charge in [0.1, 0.15) is 11.6 Å². The molecule has 0 radical (unpaired) electrons. The Kier molecular flexibility index (Phi) is 7.21. The lowest BCUT2D eigenvalue weighted by molar-refractivity contribution is -0.113. The molecule has 7 nitrogen and oxygen atoms in total. The number of benzene rings is 1. The molecule has 1 N–H and O–H groups in total. The molecular weight excluding hydrogens is 413 g/mol. The summed E-state index contributed by atoms with van der Waals surface area (Å²) in [7, 11) is 0. The Bertz CT molecular complexity index is 929. The highest BCUT2D eigenvalue weighted by atomic mass is 32.2. The molecule has 0 saturated heterocycles. The summed E-state index contributed by atoms with van der Waals surface area (Å²) in [6.07, 6.45) is 1.26. The number of amides is 1. The van der Waals surface area contributed by atoms with Gasteiger partial charge in [-0.05, 0) is 37.1 Å². The largest absolute Gasteiger partial charge is 0.483 e. The normalized spacial score (nSPS) is 12.2. The topological polar surface area (TPSA) is 81.9 Å². The molecule has 0 aliphatic rings. The summed E-state index contributed by atoms with van der Waals surface area (Å²) in [4.78, 5) is 16.2. The van der Waals surface area contributed by atoms with E-state index < -0.39 is 0 Å². The number of hydrogen-bond acceptors (Lipinski definition) is 7. The number of carbonyl (C=O) groups is 1. The van der Waals surface area contributed by atoms with Crippen molar-refractivity contribution in [2.75, 3.05) is 11.1 Å². The fraction of sp³-hybridized carbons (Fsp3) is 0.368. The number of ether oxygens (including phenoxy) is 1. The molecule has 1 amide bonds. The summed E-state index contributed by atoms with van der Waals surface area (Å²) < 4.78 is 21.0. The predicted molar refractivity (Wildman–Crippen MR) is 112 cm³/mol. The average Bonchev–Trinajstić information content (AvgIpc) is 3.31. The summed E-state index contributed by atoms with van der Waals surface area (Å²) >= 11 is 2.68. The van der Waals surface area contributed by atoms with Crippen molar-refractivity contribution in [1.82, 2.24) is 19.7 Å². The number of rotatable bonds is 9. The van der Waals surface area contributed by atoms with Crippen molar-refractivity contribution >= 4 is 34.1 Å². The van der Waals surface area contributed by atoms with E-state index in [2.05, 4.69) is 34.3 Å². The van der Waals surface area contributed by atoms with Gasteiger partial charge in [-0.2, -0.15) is 0 Å². The highest BCUT2D eigenvalue weighted by Gasteiger charge is 2.21. The van der Waals surface area contributed by atoms with Gasteiger partial charge in [-0.3, -0.25) is 4.79 Å². The summed E-state index contributed by atoms with van der Waals surface area (Å²) in [5, 5.41) is 14.3. The van der Waals surface area contributed by atoms with E-state index in [0.29, 0.717) is 34.3 Å². The van der Waals surface area contributed by atoms with Gasteiger partial charge in [0.05, 0.1) is 5.75 Å². The molecule has 3 aromatic rings. The van der Waals surface area contributed by atoms with E-state index in [1.807, 2.05) is 11.5 Å². The van der Waals surface area contributed by atoms with Crippen molar-refractivity contribution in [3.63, 3.8) is 0 Å². The molecule has 29 heavy (non-hydrogen) atoms. The molecule has 2 heterocycles. The minimum Gasteiger partial charge on any atom is -0.483 e. The van der Waals surface area contributed by atoms with Gasteiger partial charge in [0.25, 0.3) is 0 Å². The van der Waals surface area contributed by atoms with E-state index in [4.69, 9.17) is 4.74 Å². The molecule has 0 saturated carbocycles. The summed E-state index contributed by atoms with van der Waals surface area (Å²) in [6.45, 7) is 6.75. The second kappa shape index (κ2) is 9.84. The number of aromatic nitrogens is 4. The van der Waals surface area contributed by atoms with Crippen molar-refractivity contribution in [3.8, 4) is 5.75 Å². The van der Waals surface area contributed by atoms with Crippen LogP contribution in [-0.2, 0) is 11.3 Å². The maximum absolute atomic E-state index is 13.1. The van der Waals surface area contributed by atoms with Gasteiger partial charge in [0.2, 0.25) is 5.91 Å². The van der Waals surface area contributed by atoms with Crippen LogP contribution < -0.4 is 10.1 Å². The summed E-state index contributed by atoms with van der Waals surface area (Å²) in [5.74, 6) is 1.29. The van der Waals surface area contributed by atoms with E-state index in [-0.39, 0.29) is 23.6 Å². The first-order valence-corrected chi connectivity index (χ1v) is 11.0. The minimum absolute atomic E-state index is 0.152. The molecular formula is C19H22FN5O2S2. The van der Waals surface area contributed by atoms with Crippen LogP contribution in [0.2, 0.25) is 0 Å². The highest BCUT2D eigenvalue weighted by molar-refractivity contribution is 7.99. The monoisotopic (exact) mass is 435 g/mol. The standard InChI is InChI=1S/C19H22FN5O2S2/c1-12(2)10-25-17(13(3)27-15-6-4-14(20)5-7-15)23-24-19(25)29-11-16(26)22-18-21-8-9-28-18/h4-9,12-13H,10-11H2,1-3H3,(H,21,22,26). The molecule has 0 bridgehead atoms. The molecule has 0 fully saturated rings. The molecule has 154 valence electrons. The molecule has 2 aromatic heterocycles. The second-order valence-electron chi connectivity index (χ2n) is 6.73. The third-order valence-electron chi connectivity index (χ3n) is 3.79. The van der Waals surface area contributed by atoms with Crippen LogP contribution in [0.5, 0.6) is 5.75 Å². The van der Waals surface area contributed by atoms with E-state index in [1.54, 1.807) is 23.7 Å². The van der Waals surface area contributed by atoms with E-state index >= 15 is 0 Å². The van der Waals surface area contributed by atoms with Crippen LogP contribution in [0.1, 0.15) is 32.7 Å². The van der Waals surface area contributed by atoms with Crippen LogP contribution in [0.3, 0.4) is 0 Å². The lowest BCUT2D eigenvalue weighted by atomic mass is 10.2. The lowest BCUT2D eigenvalue weighted by Gasteiger charge is -2.17. The van der Waals surface area contributed by atoms with Crippen molar-refractivity contribution in [3.05, 3.63) is 47.5 Å². The maximum Gasteiger partial charge on any atom is 0.236 e. The van der Waals surface area contributed by atoms with E-state index in [9.17, 15) is 9.18 Å². The molecule has 3 rings (SSSR count). The van der Waals surface area contributed by atoms with Gasteiger partial charge in [-0.15, -0.1) is 21.5 Å². The number of nitrogens with one attached hydrogen (secondary N) is 1. The van der Waals surface area contributed by atoms with Crippen molar-refractivity contribution in [1.29, 1.82) is 0 Å². The summed E-state index contributed by atoms with van der Waals surface area (Å²) in [6, 6.07) is 5.85. The van der Waals surface area contributed by atoms with Crippen LogP contribution in [-0.4, -0.2) is 31.4 Å². The molecule has 0 aliphatic carbocycles. The Morgan fingerprint density at radius 1 is 1.28 bits per heavy atom. The van der Waals surface area contributed by atoms with Gasteiger partial charge in [-0.25, -0.2) is 9.37 Å². The lowest BCUT2D eigenvalue weighted by Crippen LogP contribution is -2.17. The van der Waals surface area contributed by atoms with Crippen molar-refractivity contribution < 1.29 is 13.9 Å². The molecule has 1 aromatic carbocycles. The zero-order valence-corrected chi connectivity index (χ0v) is 18.0. The zero-order chi connectivity index (χ0) is 20.8. The third kappa shape index (κ3) is 6.01. The SMILES string of the molecule is CC(C)Cn1c(SCC(=O)Nc2nccs2)nnc1C(C)Oc1ccc(F)cc1. The van der Waals surface area contributed by atoms with Crippen molar-refractivity contribution in [2.24, 2.45) is 5.92 Å². The van der Waals surface area contributed by atoms with Gasteiger partial charge in [-0.1, -0.05) is 25.6 Å². The molecule has 0 spiro atoms. The highest BCUT2D eigenvalue weighted by Crippen LogP contribution is 2.26. The fourth-order valence-corrected chi connectivity index (χ4v) is 3.88. The van der Waals surface area contributed by atoms with Gasteiger partial charge in [0.15, 0.2) is 22.2 Å². The smallest absolute Gasteiger partial charge is 0.236 e. The number of nitrogens with zero attached hydrogens (tertiary/aromatic N) is 4. The molecule has 1 unspecified atom stereocenters. The Balaban J connectivity index is 1.69. The first-order valence-electron chi connectivity index (χ1n) is 9.10. The first kappa shape index (κ1) is 21.3. The van der Waals surface area contributed by atoms with Crippen LogP contribution in [0.15, 0.2) is 41.0 Å². The number of anilines is 1. The van der Waals surface area contributed by atoms with Crippen LogP contribution in [0, 0.1) is 11.7 Å². The quantitative estimate of drug-likeness (QED) is 0.502.